The fourth-order valence-corrected chi connectivity index (χ4v) is 6.11. The summed E-state index contributed by atoms with van der Waals surface area (Å²) >= 11 is 6.32. The topological polar surface area (TPSA) is 90.3 Å². The fourth-order valence-electron chi connectivity index (χ4n) is 5.92. The third kappa shape index (κ3) is 4.82. The number of ether oxygens (including phenoxy) is 1. The highest BCUT2D eigenvalue weighted by Gasteiger charge is 2.44. The first-order valence-corrected chi connectivity index (χ1v) is 13.3. The number of carbonyl (C=O) groups excluding carboxylic acids is 1. The molecular weight excluding hydrogens is 492 g/mol. The van der Waals surface area contributed by atoms with Crippen LogP contribution in [0.3, 0.4) is 0 Å². The number of benzene rings is 2. The molecule has 3 aliphatic rings. The number of hydrogen-bond donors (Lipinski definition) is 2. The van der Waals surface area contributed by atoms with Gasteiger partial charge in [-0.1, -0.05) is 35.9 Å². The van der Waals surface area contributed by atoms with Gasteiger partial charge in [-0.2, -0.15) is 0 Å². The number of aliphatic carboxylic acids is 1. The van der Waals surface area contributed by atoms with E-state index in [1.807, 2.05) is 12.1 Å². The maximum atomic E-state index is 12.8. The Morgan fingerprint density at radius 1 is 1.14 bits per heavy atom. The van der Waals surface area contributed by atoms with Crippen LogP contribution in [0, 0.1) is 0 Å². The number of halogens is 1. The number of amides is 1. The lowest BCUT2D eigenvalue weighted by atomic mass is 9.70. The minimum Gasteiger partial charge on any atom is -0.490 e. The number of carbonyl (C=O) groups is 2. The Balaban J connectivity index is 1.60. The predicted octanol–water partition coefficient (Wildman–Crippen LogP) is 4.28. The summed E-state index contributed by atoms with van der Waals surface area (Å²) in [7, 11) is 1.61. The molecule has 0 radical (unpaired) electrons. The van der Waals surface area contributed by atoms with Crippen molar-refractivity contribution < 1.29 is 24.5 Å². The summed E-state index contributed by atoms with van der Waals surface area (Å²) in [5.41, 5.74) is 0.844. The average molecular weight is 525 g/mol. The minimum atomic E-state index is -2.35. The number of anilines is 1. The zero-order valence-electron chi connectivity index (χ0n) is 21.1. The summed E-state index contributed by atoms with van der Waals surface area (Å²) in [6, 6.07) is 11.1. The number of nitrogens with zero attached hydrogens (tertiary/aromatic N) is 2. The van der Waals surface area contributed by atoms with E-state index in [9.17, 15) is 19.8 Å². The van der Waals surface area contributed by atoms with Crippen molar-refractivity contribution in [3.63, 3.8) is 0 Å². The Hall–Kier alpha value is -3.03. The Morgan fingerprint density at radius 2 is 1.97 bits per heavy atom. The van der Waals surface area contributed by atoms with E-state index < -0.39 is 23.9 Å². The van der Waals surface area contributed by atoms with Crippen LogP contribution in [-0.2, 0) is 27.0 Å². The summed E-state index contributed by atoms with van der Waals surface area (Å²) in [5.74, 6) is -1.24. The third-order valence-corrected chi connectivity index (χ3v) is 8.28. The highest BCUT2D eigenvalue weighted by Crippen LogP contribution is 2.45. The zero-order chi connectivity index (χ0) is 26.2. The lowest BCUT2D eigenvalue weighted by Gasteiger charge is -2.41. The molecule has 196 valence electrons. The SMILES string of the molecule is CN1C/C=C/CCCN2C[C@@]3(CCCc4cc(Cl)ccc43)COc3ccc(cc32)[C@](O)(C(=O)O)CC1=O. The minimum absolute atomic E-state index is 0.175. The molecule has 1 amide bonds. The number of likely N-dealkylation sites (N-methyl/N-ethyl adjacent to an activating group) is 1. The Morgan fingerprint density at radius 3 is 2.78 bits per heavy atom. The second-order valence-corrected chi connectivity index (χ2v) is 11.0. The summed E-state index contributed by atoms with van der Waals surface area (Å²) in [6.07, 6.45) is 8.14. The van der Waals surface area contributed by atoms with Crippen molar-refractivity contribution in [2.24, 2.45) is 0 Å². The largest absolute Gasteiger partial charge is 0.490 e. The van der Waals surface area contributed by atoms with E-state index in [1.54, 1.807) is 25.2 Å². The predicted molar refractivity (Wildman–Crippen MR) is 142 cm³/mol. The first-order chi connectivity index (χ1) is 17.7. The van der Waals surface area contributed by atoms with Gasteiger partial charge >= 0.3 is 5.97 Å². The molecule has 1 spiro atoms. The number of fused-ring (bicyclic) bond motifs is 3. The van der Waals surface area contributed by atoms with Crippen LogP contribution in [0.1, 0.15) is 48.8 Å². The fraction of sp³-hybridized carbons (Fsp3) is 0.448. The molecule has 37 heavy (non-hydrogen) atoms. The van der Waals surface area contributed by atoms with Crippen LogP contribution in [0.15, 0.2) is 48.6 Å². The van der Waals surface area contributed by atoms with Gasteiger partial charge in [-0.25, -0.2) is 4.79 Å². The number of aryl methyl sites for hydroxylation is 1. The van der Waals surface area contributed by atoms with Crippen LogP contribution in [0.5, 0.6) is 5.75 Å². The van der Waals surface area contributed by atoms with Crippen molar-refractivity contribution in [3.8, 4) is 5.75 Å². The lowest BCUT2D eigenvalue weighted by molar-refractivity contribution is -0.164. The normalized spacial score (nSPS) is 27.1. The van der Waals surface area contributed by atoms with Gasteiger partial charge in [-0.3, -0.25) is 4.79 Å². The van der Waals surface area contributed by atoms with Crippen LogP contribution in [0.25, 0.3) is 0 Å². The molecule has 2 bridgehead atoms. The molecule has 7 nitrogen and oxygen atoms in total. The number of aliphatic hydroxyl groups is 1. The number of allylic oxidation sites excluding steroid dienone is 1. The van der Waals surface area contributed by atoms with E-state index in [0.29, 0.717) is 25.4 Å². The molecule has 0 saturated carbocycles. The van der Waals surface area contributed by atoms with Crippen molar-refractivity contribution in [2.75, 3.05) is 38.2 Å². The standard InChI is InChI=1S/C29H33ClN2O5/c1-31-13-4-2-3-5-14-32-18-28(12-6-7-20-15-22(30)9-10-23(20)28)19-37-25-11-8-21(16-24(25)32)29(36,27(34)35)17-26(31)33/h2,4,8-11,15-16,36H,3,5-7,12-14,17-19H2,1H3,(H,34,35)/b4-2+/t28-,29-/m0/s1. The molecule has 0 saturated heterocycles. The van der Waals surface area contributed by atoms with Gasteiger partial charge in [0.25, 0.3) is 0 Å². The van der Waals surface area contributed by atoms with Gasteiger partial charge in [0.1, 0.15) is 5.75 Å². The second-order valence-electron chi connectivity index (χ2n) is 10.6. The molecule has 2 aliphatic heterocycles. The summed E-state index contributed by atoms with van der Waals surface area (Å²) in [6.45, 7) is 2.31. The maximum absolute atomic E-state index is 12.8. The maximum Gasteiger partial charge on any atom is 0.340 e. The molecule has 1 aliphatic carbocycles. The smallest absolute Gasteiger partial charge is 0.340 e. The van der Waals surface area contributed by atoms with Crippen molar-refractivity contribution in [1.82, 2.24) is 4.90 Å². The molecule has 0 unspecified atom stereocenters. The molecular formula is C29H33ClN2O5. The molecule has 0 aromatic heterocycles. The molecule has 8 heteroatoms. The van der Waals surface area contributed by atoms with E-state index in [2.05, 4.69) is 23.1 Å². The third-order valence-electron chi connectivity index (χ3n) is 8.05. The van der Waals surface area contributed by atoms with Crippen molar-refractivity contribution in [3.05, 3.63) is 70.3 Å². The van der Waals surface area contributed by atoms with Crippen LogP contribution < -0.4 is 9.64 Å². The number of carboxylic acid groups (broad SMARTS) is 1. The van der Waals surface area contributed by atoms with Gasteiger partial charge in [0, 0.05) is 37.1 Å². The van der Waals surface area contributed by atoms with Crippen molar-refractivity contribution >= 4 is 29.2 Å². The Labute approximate surface area is 222 Å². The van der Waals surface area contributed by atoms with Gasteiger partial charge in [-0.15, -0.1) is 0 Å². The first kappa shape index (κ1) is 25.6. The molecule has 2 atom stereocenters. The first-order valence-electron chi connectivity index (χ1n) is 12.9. The van der Waals surface area contributed by atoms with Gasteiger partial charge in [0.2, 0.25) is 5.91 Å². The second kappa shape index (κ2) is 10.0. The van der Waals surface area contributed by atoms with Gasteiger partial charge in [-0.05, 0) is 73.1 Å². The van der Waals surface area contributed by atoms with Crippen LogP contribution in [0.4, 0.5) is 5.69 Å². The number of carboxylic acids is 1. The van der Waals surface area contributed by atoms with Gasteiger partial charge < -0.3 is 24.7 Å². The van der Waals surface area contributed by atoms with E-state index in [-0.39, 0.29) is 11.0 Å². The molecule has 0 fully saturated rings. The van der Waals surface area contributed by atoms with Crippen molar-refractivity contribution in [1.29, 1.82) is 0 Å². The molecule has 2 aromatic carbocycles. The highest BCUT2D eigenvalue weighted by atomic mass is 35.5. The lowest BCUT2D eigenvalue weighted by Crippen LogP contribution is -2.46. The quantitative estimate of drug-likeness (QED) is 0.541. The average Bonchev–Trinajstić information content (AvgIpc) is 3.02. The molecule has 2 N–H and O–H groups in total. The molecule has 5 rings (SSSR count). The zero-order valence-corrected chi connectivity index (χ0v) is 21.8. The molecule has 2 aromatic rings. The highest BCUT2D eigenvalue weighted by molar-refractivity contribution is 6.30. The number of rotatable bonds is 1. The summed E-state index contributed by atoms with van der Waals surface area (Å²) < 4.78 is 6.43. The van der Waals surface area contributed by atoms with Crippen LogP contribution in [-0.4, -0.2) is 60.3 Å². The monoisotopic (exact) mass is 524 g/mol. The number of hydrogen-bond acceptors (Lipinski definition) is 5. The van der Waals surface area contributed by atoms with Crippen molar-refractivity contribution in [2.45, 2.75) is 49.5 Å². The van der Waals surface area contributed by atoms with E-state index >= 15 is 0 Å². The van der Waals surface area contributed by atoms with Crippen LogP contribution >= 0.6 is 11.6 Å². The van der Waals surface area contributed by atoms with Gasteiger partial charge in [0.15, 0.2) is 5.60 Å². The van der Waals surface area contributed by atoms with E-state index in [1.165, 1.54) is 16.0 Å². The Kier molecular flexibility index (Phi) is 6.94. The van der Waals surface area contributed by atoms with E-state index in [4.69, 9.17) is 16.3 Å². The van der Waals surface area contributed by atoms with Gasteiger partial charge in [0.05, 0.1) is 18.7 Å². The summed E-state index contributed by atoms with van der Waals surface area (Å²) in [5, 5.41) is 22.1. The van der Waals surface area contributed by atoms with Crippen LogP contribution in [0.2, 0.25) is 5.02 Å². The summed E-state index contributed by atoms with van der Waals surface area (Å²) in [4.78, 5) is 28.8. The Bertz CT molecular complexity index is 1250. The van der Waals surface area contributed by atoms with E-state index in [0.717, 1.165) is 49.4 Å². The molecule has 2 heterocycles.